The van der Waals surface area contributed by atoms with E-state index in [0.29, 0.717) is 18.9 Å². The Morgan fingerprint density at radius 3 is 2.58 bits per heavy atom. The van der Waals surface area contributed by atoms with Gasteiger partial charge in [0.25, 0.3) is 0 Å². The van der Waals surface area contributed by atoms with E-state index in [-0.39, 0.29) is 35.0 Å². The van der Waals surface area contributed by atoms with Gasteiger partial charge in [0.15, 0.2) is 6.29 Å². The fourth-order valence-electron chi connectivity index (χ4n) is 7.66. The topological polar surface area (TPSA) is 59.0 Å². The molecule has 5 nitrogen and oxygen atoms in total. The largest absolute Gasteiger partial charge is 0.393 e. The van der Waals surface area contributed by atoms with Crippen LogP contribution in [0.15, 0.2) is 30.3 Å². The first-order valence-corrected chi connectivity index (χ1v) is 13.2. The number of piperidine rings is 1. The van der Waals surface area contributed by atoms with Gasteiger partial charge in [-0.25, -0.2) is 0 Å². The van der Waals surface area contributed by atoms with Gasteiger partial charge in [0, 0.05) is 31.3 Å². The minimum absolute atomic E-state index is 0.0190. The lowest BCUT2D eigenvalue weighted by Crippen LogP contribution is -2.63. The Kier molecular flexibility index (Phi) is 6.58. The SMILES string of the molecule is CC12COC(Cc3ccccc3)OC1CCC1(C)C(CC(=O)N3CCCCC3)C(O)CCC21. The van der Waals surface area contributed by atoms with Gasteiger partial charge >= 0.3 is 0 Å². The van der Waals surface area contributed by atoms with Crippen molar-refractivity contribution in [3.8, 4) is 0 Å². The first-order chi connectivity index (χ1) is 15.9. The summed E-state index contributed by atoms with van der Waals surface area (Å²) in [6, 6.07) is 10.4. The van der Waals surface area contributed by atoms with Crippen molar-refractivity contribution in [2.75, 3.05) is 19.7 Å². The molecule has 0 radical (unpaired) electrons. The summed E-state index contributed by atoms with van der Waals surface area (Å²) in [6.07, 6.45) is 8.01. The molecule has 2 heterocycles. The van der Waals surface area contributed by atoms with Crippen molar-refractivity contribution in [3.05, 3.63) is 35.9 Å². The molecule has 4 fully saturated rings. The van der Waals surface area contributed by atoms with Crippen LogP contribution in [0.4, 0.5) is 0 Å². The monoisotopic (exact) mass is 455 g/mol. The van der Waals surface area contributed by atoms with Gasteiger partial charge in [0.1, 0.15) is 0 Å². The fraction of sp³-hybridized carbons (Fsp3) is 0.750. The van der Waals surface area contributed by atoms with Crippen LogP contribution in [-0.4, -0.2) is 54.1 Å². The van der Waals surface area contributed by atoms with Gasteiger partial charge in [0.05, 0.1) is 18.8 Å². The highest BCUT2D eigenvalue weighted by atomic mass is 16.7. The maximum atomic E-state index is 13.2. The van der Waals surface area contributed by atoms with E-state index in [1.807, 2.05) is 11.0 Å². The van der Waals surface area contributed by atoms with Gasteiger partial charge in [-0.3, -0.25) is 4.79 Å². The molecule has 5 heteroatoms. The standard InChI is InChI=1S/C28H41NO4/c1-27-14-13-24-28(2,19-32-26(33-24)17-20-9-5-3-6-10-20)23(27)12-11-22(30)21(27)18-25(31)29-15-7-4-8-16-29/h3,5-6,9-10,21-24,26,30H,4,7-8,11-19H2,1-2H3. The minimum Gasteiger partial charge on any atom is -0.393 e. The summed E-state index contributed by atoms with van der Waals surface area (Å²) in [5.41, 5.74) is 1.10. The van der Waals surface area contributed by atoms with E-state index in [1.165, 1.54) is 12.0 Å². The molecule has 1 aromatic carbocycles. The van der Waals surface area contributed by atoms with Crippen LogP contribution in [0.3, 0.4) is 0 Å². The summed E-state index contributed by atoms with van der Waals surface area (Å²) in [5, 5.41) is 11.1. The van der Waals surface area contributed by atoms with Gasteiger partial charge < -0.3 is 19.5 Å². The smallest absolute Gasteiger partial charge is 0.222 e. The third-order valence-corrected chi connectivity index (χ3v) is 9.58. The molecule has 2 aliphatic carbocycles. The summed E-state index contributed by atoms with van der Waals surface area (Å²) >= 11 is 0. The molecule has 4 aliphatic rings. The quantitative estimate of drug-likeness (QED) is 0.723. The second kappa shape index (κ2) is 9.31. The van der Waals surface area contributed by atoms with Crippen LogP contribution in [-0.2, 0) is 20.7 Å². The van der Waals surface area contributed by atoms with Crippen molar-refractivity contribution in [2.24, 2.45) is 22.7 Å². The number of aliphatic hydroxyl groups is 1. The molecule has 0 spiro atoms. The van der Waals surface area contributed by atoms with E-state index in [4.69, 9.17) is 9.47 Å². The van der Waals surface area contributed by atoms with Crippen LogP contribution < -0.4 is 0 Å². The number of ether oxygens (including phenoxy) is 2. The molecule has 0 aromatic heterocycles. The Balaban J connectivity index is 1.30. The zero-order valence-electron chi connectivity index (χ0n) is 20.4. The van der Waals surface area contributed by atoms with Gasteiger partial charge in [-0.1, -0.05) is 44.2 Å². The van der Waals surface area contributed by atoms with Crippen molar-refractivity contribution in [1.82, 2.24) is 4.90 Å². The van der Waals surface area contributed by atoms with Gasteiger partial charge in [0.2, 0.25) is 5.91 Å². The summed E-state index contributed by atoms with van der Waals surface area (Å²) < 4.78 is 12.9. The molecule has 2 saturated heterocycles. The van der Waals surface area contributed by atoms with Crippen molar-refractivity contribution >= 4 is 5.91 Å². The molecule has 2 aliphatic heterocycles. The number of nitrogens with zero attached hydrogens (tertiary/aromatic N) is 1. The predicted molar refractivity (Wildman–Crippen MR) is 127 cm³/mol. The molecule has 33 heavy (non-hydrogen) atoms. The molecular formula is C28H41NO4. The van der Waals surface area contributed by atoms with E-state index in [0.717, 1.165) is 58.0 Å². The molecule has 1 aromatic rings. The average Bonchev–Trinajstić information content (AvgIpc) is 2.83. The van der Waals surface area contributed by atoms with Crippen molar-refractivity contribution < 1.29 is 19.4 Å². The number of hydrogen-bond acceptors (Lipinski definition) is 4. The van der Waals surface area contributed by atoms with Crippen molar-refractivity contribution in [2.45, 2.75) is 90.1 Å². The number of carbonyl (C=O) groups excluding carboxylic acids is 1. The van der Waals surface area contributed by atoms with Crippen LogP contribution in [0.2, 0.25) is 0 Å². The second-order valence-corrected chi connectivity index (χ2v) is 11.6. The van der Waals surface area contributed by atoms with E-state index in [1.54, 1.807) is 0 Å². The van der Waals surface area contributed by atoms with Crippen molar-refractivity contribution in [3.63, 3.8) is 0 Å². The normalized spacial score (nSPS) is 41.2. The number of amides is 1. The number of rotatable bonds is 4. The highest BCUT2D eigenvalue weighted by Crippen LogP contribution is 2.62. The van der Waals surface area contributed by atoms with E-state index < -0.39 is 6.10 Å². The average molecular weight is 456 g/mol. The first-order valence-electron chi connectivity index (χ1n) is 13.2. The number of carbonyl (C=O) groups is 1. The van der Waals surface area contributed by atoms with Gasteiger partial charge in [-0.05, 0) is 67.8 Å². The van der Waals surface area contributed by atoms with Gasteiger partial charge in [-0.15, -0.1) is 0 Å². The summed E-state index contributed by atoms with van der Waals surface area (Å²) in [4.78, 5) is 15.2. The zero-order valence-corrected chi connectivity index (χ0v) is 20.4. The third kappa shape index (κ3) is 4.37. The fourth-order valence-corrected chi connectivity index (χ4v) is 7.66. The van der Waals surface area contributed by atoms with Crippen LogP contribution in [0.1, 0.15) is 70.8 Å². The highest BCUT2D eigenvalue weighted by Gasteiger charge is 2.61. The zero-order chi connectivity index (χ0) is 23.1. The number of hydrogen-bond donors (Lipinski definition) is 1. The number of benzene rings is 1. The Bertz CT molecular complexity index is 824. The van der Waals surface area contributed by atoms with E-state index in [9.17, 15) is 9.90 Å². The lowest BCUT2D eigenvalue weighted by molar-refractivity contribution is -0.308. The van der Waals surface area contributed by atoms with Crippen LogP contribution in [0.25, 0.3) is 0 Å². The molecule has 5 rings (SSSR count). The Hall–Kier alpha value is -1.43. The molecule has 7 atom stereocenters. The van der Waals surface area contributed by atoms with Gasteiger partial charge in [-0.2, -0.15) is 0 Å². The number of aliphatic hydroxyl groups excluding tert-OH is 1. The lowest BCUT2D eigenvalue weighted by Gasteiger charge is -2.63. The van der Waals surface area contributed by atoms with Crippen LogP contribution in [0.5, 0.6) is 0 Å². The number of likely N-dealkylation sites (tertiary alicyclic amines) is 1. The maximum absolute atomic E-state index is 13.2. The van der Waals surface area contributed by atoms with E-state index >= 15 is 0 Å². The number of fused-ring (bicyclic) bond motifs is 3. The summed E-state index contributed by atoms with van der Waals surface area (Å²) in [7, 11) is 0. The highest BCUT2D eigenvalue weighted by molar-refractivity contribution is 5.76. The molecular weight excluding hydrogens is 414 g/mol. The predicted octanol–water partition coefficient (Wildman–Crippen LogP) is 4.57. The second-order valence-electron chi connectivity index (χ2n) is 11.6. The minimum atomic E-state index is -0.392. The Labute approximate surface area is 198 Å². The molecule has 7 unspecified atom stereocenters. The third-order valence-electron chi connectivity index (χ3n) is 9.58. The molecule has 1 N–H and O–H groups in total. The molecule has 1 amide bonds. The Morgan fingerprint density at radius 2 is 1.82 bits per heavy atom. The first kappa shape index (κ1) is 23.3. The molecule has 2 saturated carbocycles. The summed E-state index contributed by atoms with van der Waals surface area (Å²) in [5.74, 6) is 0.654. The van der Waals surface area contributed by atoms with Crippen LogP contribution >= 0.6 is 0 Å². The van der Waals surface area contributed by atoms with E-state index in [2.05, 4.69) is 38.1 Å². The molecule has 182 valence electrons. The Morgan fingerprint density at radius 1 is 1.06 bits per heavy atom. The maximum Gasteiger partial charge on any atom is 0.222 e. The lowest BCUT2D eigenvalue weighted by atomic mass is 9.46. The van der Waals surface area contributed by atoms with Crippen molar-refractivity contribution in [1.29, 1.82) is 0 Å². The molecule has 0 bridgehead atoms. The summed E-state index contributed by atoms with van der Waals surface area (Å²) in [6.45, 7) is 7.13. The van der Waals surface area contributed by atoms with Crippen LogP contribution in [0, 0.1) is 22.7 Å².